The van der Waals surface area contributed by atoms with Crippen molar-refractivity contribution in [2.45, 2.75) is 20.8 Å². The second-order valence-electron chi connectivity index (χ2n) is 6.73. The van der Waals surface area contributed by atoms with Gasteiger partial charge in [0.15, 0.2) is 11.5 Å². The van der Waals surface area contributed by atoms with Gasteiger partial charge in [-0.05, 0) is 42.7 Å². The van der Waals surface area contributed by atoms with Crippen molar-refractivity contribution < 1.29 is 14.3 Å². The van der Waals surface area contributed by atoms with E-state index in [0.29, 0.717) is 34.9 Å². The maximum absolute atomic E-state index is 12.6. The lowest BCUT2D eigenvalue weighted by molar-refractivity contribution is 0.0453. The highest BCUT2D eigenvalue weighted by atomic mass is 16.5. The predicted octanol–water partition coefficient (Wildman–Crippen LogP) is 4.50. The number of aryl methyl sites for hydroxylation is 1. The van der Waals surface area contributed by atoms with E-state index in [1.165, 1.54) is 0 Å². The number of benzene rings is 2. The van der Waals surface area contributed by atoms with Gasteiger partial charge in [-0.2, -0.15) is 0 Å². The molecule has 0 aliphatic carbocycles. The smallest absolute Gasteiger partial charge is 0.360 e. The zero-order chi connectivity index (χ0) is 19.4. The molecule has 0 aliphatic rings. The van der Waals surface area contributed by atoms with E-state index >= 15 is 0 Å². The fraction of sp³-hybridized carbons (Fsp3) is 0.286. The van der Waals surface area contributed by atoms with Gasteiger partial charge in [-0.1, -0.05) is 32.0 Å². The van der Waals surface area contributed by atoms with Crippen LogP contribution < -0.4 is 10.1 Å². The average Bonchev–Trinajstić information content (AvgIpc) is 2.65. The third-order valence-electron chi connectivity index (χ3n) is 3.92. The molecule has 27 heavy (non-hydrogen) atoms. The highest BCUT2D eigenvalue weighted by Gasteiger charge is 2.19. The van der Waals surface area contributed by atoms with E-state index < -0.39 is 5.97 Å². The SMILES string of the molecule is COc1ccc(C)cc1Nc1nc2ccccc2nc1C(=O)OCC(C)C. The quantitative estimate of drug-likeness (QED) is 0.648. The van der Waals surface area contributed by atoms with Crippen molar-refractivity contribution in [3.8, 4) is 5.75 Å². The summed E-state index contributed by atoms with van der Waals surface area (Å²) in [7, 11) is 1.60. The molecule has 0 atom stereocenters. The first-order valence-corrected chi connectivity index (χ1v) is 8.83. The van der Waals surface area contributed by atoms with Gasteiger partial charge in [-0.25, -0.2) is 14.8 Å². The molecular formula is C21H23N3O3. The molecule has 0 aliphatic heterocycles. The number of aromatic nitrogens is 2. The first-order chi connectivity index (χ1) is 13.0. The summed E-state index contributed by atoms with van der Waals surface area (Å²) < 4.78 is 10.8. The van der Waals surface area contributed by atoms with Crippen molar-refractivity contribution in [2.24, 2.45) is 5.92 Å². The normalized spacial score (nSPS) is 10.9. The average molecular weight is 365 g/mol. The molecule has 6 nitrogen and oxygen atoms in total. The number of hydrogen-bond acceptors (Lipinski definition) is 6. The summed E-state index contributed by atoms with van der Waals surface area (Å²) in [6.07, 6.45) is 0. The number of fused-ring (bicyclic) bond motifs is 1. The molecule has 3 aromatic rings. The molecule has 0 bridgehead atoms. The Morgan fingerprint density at radius 3 is 2.48 bits per heavy atom. The summed E-state index contributed by atoms with van der Waals surface area (Å²) >= 11 is 0. The molecule has 1 heterocycles. The fourth-order valence-corrected chi connectivity index (χ4v) is 2.59. The van der Waals surface area contributed by atoms with Gasteiger partial charge in [0.25, 0.3) is 0 Å². The van der Waals surface area contributed by atoms with E-state index in [-0.39, 0.29) is 11.6 Å². The van der Waals surface area contributed by atoms with E-state index in [1.54, 1.807) is 7.11 Å². The monoisotopic (exact) mass is 365 g/mol. The summed E-state index contributed by atoms with van der Waals surface area (Å²) in [6, 6.07) is 13.2. The number of methoxy groups -OCH3 is 1. The third-order valence-corrected chi connectivity index (χ3v) is 3.92. The van der Waals surface area contributed by atoms with E-state index in [0.717, 1.165) is 5.56 Å². The maximum atomic E-state index is 12.6. The molecular weight excluding hydrogens is 342 g/mol. The highest BCUT2D eigenvalue weighted by molar-refractivity contribution is 5.96. The molecule has 6 heteroatoms. The highest BCUT2D eigenvalue weighted by Crippen LogP contribution is 2.30. The van der Waals surface area contributed by atoms with Gasteiger partial charge in [0.2, 0.25) is 0 Å². The number of esters is 1. The van der Waals surface area contributed by atoms with Crippen LogP contribution in [0.25, 0.3) is 11.0 Å². The van der Waals surface area contributed by atoms with Crippen molar-refractivity contribution >= 4 is 28.5 Å². The van der Waals surface area contributed by atoms with Gasteiger partial charge in [-0.3, -0.25) is 0 Å². The lowest BCUT2D eigenvalue weighted by atomic mass is 10.2. The summed E-state index contributed by atoms with van der Waals surface area (Å²) in [5, 5.41) is 3.19. The number of carbonyl (C=O) groups excluding carboxylic acids is 1. The van der Waals surface area contributed by atoms with Crippen LogP contribution in [0.15, 0.2) is 42.5 Å². The Balaban J connectivity index is 2.05. The van der Waals surface area contributed by atoms with E-state index in [1.807, 2.05) is 63.2 Å². The van der Waals surface area contributed by atoms with Crippen LogP contribution in [0.3, 0.4) is 0 Å². The van der Waals surface area contributed by atoms with Crippen molar-refractivity contribution in [1.29, 1.82) is 0 Å². The fourth-order valence-electron chi connectivity index (χ4n) is 2.59. The molecule has 0 saturated carbocycles. The van der Waals surface area contributed by atoms with Crippen LogP contribution in [-0.4, -0.2) is 29.7 Å². The Bertz CT molecular complexity index is 970. The Kier molecular flexibility index (Phi) is 5.54. The molecule has 3 rings (SSSR count). The number of para-hydroxylation sites is 2. The van der Waals surface area contributed by atoms with Gasteiger partial charge < -0.3 is 14.8 Å². The summed E-state index contributed by atoms with van der Waals surface area (Å²) in [6.45, 7) is 6.27. The molecule has 0 fully saturated rings. The zero-order valence-electron chi connectivity index (χ0n) is 15.9. The number of anilines is 2. The van der Waals surface area contributed by atoms with Crippen LogP contribution in [0, 0.1) is 12.8 Å². The Morgan fingerprint density at radius 2 is 1.81 bits per heavy atom. The lowest BCUT2D eigenvalue weighted by Gasteiger charge is -2.15. The number of carbonyl (C=O) groups is 1. The number of rotatable bonds is 6. The van der Waals surface area contributed by atoms with Crippen molar-refractivity contribution in [3.63, 3.8) is 0 Å². The largest absolute Gasteiger partial charge is 0.495 e. The second kappa shape index (κ2) is 8.03. The van der Waals surface area contributed by atoms with Crippen molar-refractivity contribution in [2.75, 3.05) is 19.0 Å². The van der Waals surface area contributed by atoms with E-state index in [9.17, 15) is 4.79 Å². The second-order valence-corrected chi connectivity index (χ2v) is 6.73. The zero-order valence-corrected chi connectivity index (χ0v) is 15.9. The molecule has 0 unspecified atom stereocenters. The van der Waals surface area contributed by atoms with Gasteiger partial charge in [-0.15, -0.1) is 0 Å². The first kappa shape index (κ1) is 18.6. The molecule has 2 aromatic carbocycles. The third kappa shape index (κ3) is 4.34. The van der Waals surface area contributed by atoms with Crippen LogP contribution in [0.2, 0.25) is 0 Å². The molecule has 0 radical (unpaired) electrons. The number of ether oxygens (including phenoxy) is 2. The minimum atomic E-state index is -0.504. The van der Waals surface area contributed by atoms with Crippen LogP contribution in [-0.2, 0) is 4.74 Å². The van der Waals surface area contributed by atoms with E-state index in [4.69, 9.17) is 9.47 Å². The molecule has 1 aromatic heterocycles. The van der Waals surface area contributed by atoms with Gasteiger partial charge in [0, 0.05) is 0 Å². The molecule has 140 valence electrons. The standard InChI is InChI=1S/C21H23N3O3/c1-13(2)12-27-21(25)19-20(23-16-8-6-5-7-15(16)22-19)24-17-11-14(3)9-10-18(17)26-4/h5-11,13H,12H2,1-4H3,(H,23,24). The maximum Gasteiger partial charge on any atom is 0.360 e. The summed E-state index contributed by atoms with van der Waals surface area (Å²) in [5.74, 6) is 0.718. The Hall–Kier alpha value is -3.15. The van der Waals surface area contributed by atoms with Crippen LogP contribution in [0.5, 0.6) is 5.75 Å². The minimum absolute atomic E-state index is 0.151. The predicted molar refractivity (Wildman–Crippen MR) is 106 cm³/mol. The van der Waals surface area contributed by atoms with Crippen LogP contribution in [0.1, 0.15) is 29.9 Å². The molecule has 0 spiro atoms. The Labute approximate surface area is 158 Å². The molecule has 1 N–H and O–H groups in total. The summed E-state index contributed by atoms with van der Waals surface area (Å²) in [5.41, 5.74) is 3.23. The van der Waals surface area contributed by atoms with E-state index in [2.05, 4.69) is 15.3 Å². The van der Waals surface area contributed by atoms with Gasteiger partial charge in [0.05, 0.1) is 30.4 Å². The van der Waals surface area contributed by atoms with Crippen LogP contribution in [0.4, 0.5) is 11.5 Å². The number of nitrogens with one attached hydrogen (secondary N) is 1. The van der Waals surface area contributed by atoms with Crippen molar-refractivity contribution in [3.05, 3.63) is 53.7 Å². The Morgan fingerprint density at radius 1 is 1.11 bits per heavy atom. The molecule has 0 saturated heterocycles. The first-order valence-electron chi connectivity index (χ1n) is 8.83. The topological polar surface area (TPSA) is 73.3 Å². The lowest BCUT2D eigenvalue weighted by Crippen LogP contribution is -2.15. The summed E-state index contributed by atoms with van der Waals surface area (Å²) in [4.78, 5) is 21.7. The van der Waals surface area contributed by atoms with Crippen LogP contribution >= 0.6 is 0 Å². The minimum Gasteiger partial charge on any atom is -0.495 e. The molecule has 0 amide bonds. The number of hydrogen-bond donors (Lipinski definition) is 1. The number of nitrogens with zero attached hydrogens (tertiary/aromatic N) is 2. The van der Waals surface area contributed by atoms with Gasteiger partial charge in [0.1, 0.15) is 5.75 Å². The van der Waals surface area contributed by atoms with Gasteiger partial charge >= 0.3 is 5.97 Å². The van der Waals surface area contributed by atoms with Crippen molar-refractivity contribution in [1.82, 2.24) is 9.97 Å².